The van der Waals surface area contributed by atoms with Gasteiger partial charge >= 0.3 is 6.61 Å². The molecule has 0 aliphatic heterocycles. The lowest BCUT2D eigenvalue weighted by atomic mass is 10.2. The highest BCUT2D eigenvalue weighted by Gasteiger charge is 2.11. The molecule has 2 rings (SSSR count). The fourth-order valence-corrected chi connectivity index (χ4v) is 2.31. The second-order valence-electron chi connectivity index (χ2n) is 5.39. The molecule has 0 aliphatic rings. The number of rotatable bonds is 11. The molecule has 7 heteroatoms. The Kier molecular flexibility index (Phi) is 7.91. The molecule has 1 aromatic heterocycles. The minimum absolute atomic E-state index is 0.0522. The third kappa shape index (κ3) is 6.93. The van der Waals surface area contributed by atoms with Crippen LogP contribution in [0.1, 0.15) is 18.4 Å². The number of hydrogen-bond donors (Lipinski definition) is 2. The van der Waals surface area contributed by atoms with Crippen molar-refractivity contribution in [2.24, 2.45) is 0 Å². The lowest BCUT2D eigenvalue weighted by molar-refractivity contribution is -0.0512. The van der Waals surface area contributed by atoms with Gasteiger partial charge in [-0.3, -0.25) is 0 Å². The van der Waals surface area contributed by atoms with Crippen LogP contribution in [-0.4, -0.2) is 31.8 Å². The molecule has 2 N–H and O–H groups in total. The smallest absolute Gasteiger partial charge is 0.387 e. The number of aromatic nitrogens is 1. The van der Waals surface area contributed by atoms with E-state index in [-0.39, 0.29) is 5.75 Å². The molecule has 0 spiro atoms. The Labute approximate surface area is 146 Å². The molecule has 2 aromatic rings. The quantitative estimate of drug-likeness (QED) is 0.605. The summed E-state index contributed by atoms with van der Waals surface area (Å²) in [6, 6.07) is 10.8. The van der Waals surface area contributed by atoms with Gasteiger partial charge in [-0.1, -0.05) is 12.1 Å². The van der Waals surface area contributed by atoms with Gasteiger partial charge in [-0.2, -0.15) is 8.78 Å². The highest BCUT2D eigenvalue weighted by atomic mass is 19.3. The molecule has 5 nitrogen and oxygen atoms in total. The summed E-state index contributed by atoms with van der Waals surface area (Å²) in [5, 5.41) is 6.54. The first-order chi connectivity index (χ1) is 12.2. The molecule has 0 bridgehead atoms. The van der Waals surface area contributed by atoms with Crippen LogP contribution in [0.5, 0.6) is 11.5 Å². The fourth-order valence-electron chi connectivity index (χ4n) is 2.31. The maximum absolute atomic E-state index is 12.4. The second-order valence-corrected chi connectivity index (χ2v) is 5.39. The van der Waals surface area contributed by atoms with Gasteiger partial charge in [-0.05, 0) is 49.2 Å². The first-order valence-corrected chi connectivity index (χ1v) is 8.16. The SMILES string of the molecule is COc1ccc(CNCCCCNc2ccccn2)cc1OC(F)F. The maximum Gasteiger partial charge on any atom is 0.387 e. The summed E-state index contributed by atoms with van der Waals surface area (Å²) in [5.41, 5.74) is 0.864. The van der Waals surface area contributed by atoms with E-state index in [0.717, 1.165) is 37.3 Å². The van der Waals surface area contributed by atoms with Gasteiger partial charge in [0.05, 0.1) is 7.11 Å². The van der Waals surface area contributed by atoms with Gasteiger partial charge in [0, 0.05) is 19.3 Å². The molecular formula is C18H23F2N3O2. The van der Waals surface area contributed by atoms with E-state index in [1.165, 1.54) is 7.11 Å². The van der Waals surface area contributed by atoms with Gasteiger partial charge in [0.15, 0.2) is 11.5 Å². The Morgan fingerprint density at radius 3 is 2.64 bits per heavy atom. The zero-order chi connectivity index (χ0) is 17.9. The van der Waals surface area contributed by atoms with E-state index in [9.17, 15) is 8.78 Å². The van der Waals surface area contributed by atoms with Crippen LogP contribution < -0.4 is 20.1 Å². The number of ether oxygens (including phenoxy) is 2. The van der Waals surface area contributed by atoms with Crippen molar-refractivity contribution >= 4 is 5.82 Å². The number of alkyl halides is 2. The molecule has 0 radical (unpaired) electrons. The molecule has 136 valence electrons. The van der Waals surface area contributed by atoms with Crippen LogP contribution in [0.4, 0.5) is 14.6 Å². The lowest BCUT2D eigenvalue weighted by Crippen LogP contribution is -2.16. The summed E-state index contributed by atoms with van der Waals surface area (Å²) in [6.07, 6.45) is 3.76. The molecule has 25 heavy (non-hydrogen) atoms. The molecule has 1 heterocycles. The molecule has 0 saturated carbocycles. The van der Waals surface area contributed by atoms with E-state index in [4.69, 9.17) is 4.74 Å². The fraction of sp³-hybridized carbons (Fsp3) is 0.389. The van der Waals surface area contributed by atoms with Gasteiger partial charge in [-0.25, -0.2) is 4.98 Å². The summed E-state index contributed by atoms with van der Waals surface area (Å²) in [7, 11) is 1.42. The zero-order valence-corrected chi connectivity index (χ0v) is 14.2. The van der Waals surface area contributed by atoms with Crippen molar-refractivity contribution in [3.8, 4) is 11.5 Å². The number of anilines is 1. The van der Waals surface area contributed by atoms with Crippen LogP contribution in [0.3, 0.4) is 0 Å². The largest absolute Gasteiger partial charge is 0.493 e. The third-order valence-corrected chi connectivity index (χ3v) is 3.52. The summed E-state index contributed by atoms with van der Waals surface area (Å²) in [6.45, 7) is -0.602. The average molecular weight is 351 g/mol. The number of methoxy groups -OCH3 is 1. The monoisotopic (exact) mass is 351 g/mol. The van der Waals surface area contributed by atoms with Crippen LogP contribution in [0.15, 0.2) is 42.6 Å². The summed E-state index contributed by atoms with van der Waals surface area (Å²) in [4.78, 5) is 4.19. The van der Waals surface area contributed by atoms with E-state index < -0.39 is 6.61 Å². The van der Waals surface area contributed by atoms with Gasteiger partial charge in [-0.15, -0.1) is 0 Å². The molecule has 0 fully saturated rings. The maximum atomic E-state index is 12.4. The summed E-state index contributed by atoms with van der Waals surface area (Å²) in [5.74, 6) is 1.22. The number of halogens is 2. The Morgan fingerprint density at radius 2 is 1.92 bits per heavy atom. The number of benzene rings is 1. The van der Waals surface area contributed by atoms with Crippen LogP contribution >= 0.6 is 0 Å². The van der Waals surface area contributed by atoms with E-state index in [0.29, 0.717) is 12.3 Å². The van der Waals surface area contributed by atoms with Crippen LogP contribution in [0, 0.1) is 0 Å². The second kappa shape index (κ2) is 10.5. The molecule has 0 saturated heterocycles. The van der Waals surface area contributed by atoms with Crippen molar-refractivity contribution in [1.82, 2.24) is 10.3 Å². The van der Waals surface area contributed by atoms with E-state index >= 15 is 0 Å². The number of unbranched alkanes of at least 4 members (excludes halogenated alkanes) is 1. The van der Waals surface area contributed by atoms with E-state index in [2.05, 4.69) is 20.4 Å². The van der Waals surface area contributed by atoms with E-state index in [1.807, 2.05) is 24.3 Å². The van der Waals surface area contributed by atoms with Crippen molar-refractivity contribution in [2.45, 2.75) is 26.0 Å². The van der Waals surface area contributed by atoms with Gasteiger partial charge < -0.3 is 20.1 Å². The number of pyridine rings is 1. The minimum Gasteiger partial charge on any atom is -0.493 e. The Hall–Kier alpha value is -2.41. The number of nitrogens with zero attached hydrogens (tertiary/aromatic N) is 1. The van der Waals surface area contributed by atoms with Crippen molar-refractivity contribution in [1.29, 1.82) is 0 Å². The first kappa shape index (κ1) is 18.9. The van der Waals surface area contributed by atoms with Crippen LogP contribution in [-0.2, 0) is 6.54 Å². The topological polar surface area (TPSA) is 55.4 Å². The van der Waals surface area contributed by atoms with Crippen LogP contribution in [0.25, 0.3) is 0 Å². The Bertz CT molecular complexity index is 627. The highest BCUT2D eigenvalue weighted by Crippen LogP contribution is 2.29. The van der Waals surface area contributed by atoms with Crippen molar-refractivity contribution < 1.29 is 18.3 Å². The Balaban J connectivity index is 1.66. The van der Waals surface area contributed by atoms with Gasteiger partial charge in [0.1, 0.15) is 5.82 Å². The first-order valence-electron chi connectivity index (χ1n) is 8.16. The molecule has 0 atom stereocenters. The Morgan fingerprint density at radius 1 is 1.08 bits per heavy atom. The third-order valence-electron chi connectivity index (χ3n) is 3.52. The number of hydrogen-bond acceptors (Lipinski definition) is 5. The number of nitrogens with one attached hydrogen (secondary N) is 2. The molecule has 0 aliphatic carbocycles. The lowest BCUT2D eigenvalue weighted by Gasteiger charge is -2.12. The molecule has 1 aromatic carbocycles. The van der Waals surface area contributed by atoms with E-state index in [1.54, 1.807) is 18.3 Å². The van der Waals surface area contributed by atoms with Gasteiger partial charge in [0.2, 0.25) is 0 Å². The predicted octanol–water partition coefficient (Wildman–Crippen LogP) is 3.67. The zero-order valence-electron chi connectivity index (χ0n) is 14.2. The van der Waals surface area contributed by atoms with Gasteiger partial charge in [0.25, 0.3) is 0 Å². The minimum atomic E-state index is -2.87. The standard InChI is InChI=1S/C18H23F2N3O2/c1-24-15-8-7-14(12-16(15)25-18(19)20)13-21-9-4-5-11-23-17-6-2-3-10-22-17/h2-3,6-8,10,12,18,21H,4-5,9,11,13H2,1H3,(H,22,23). The van der Waals surface area contributed by atoms with Crippen molar-refractivity contribution in [3.63, 3.8) is 0 Å². The highest BCUT2D eigenvalue weighted by molar-refractivity contribution is 5.43. The molecule has 0 unspecified atom stereocenters. The predicted molar refractivity (Wildman–Crippen MR) is 93.3 cm³/mol. The molecular weight excluding hydrogens is 328 g/mol. The van der Waals surface area contributed by atoms with Crippen molar-refractivity contribution in [3.05, 3.63) is 48.2 Å². The van der Waals surface area contributed by atoms with Crippen LogP contribution in [0.2, 0.25) is 0 Å². The molecule has 0 amide bonds. The summed E-state index contributed by atoms with van der Waals surface area (Å²) < 4.78 is 34.3. The summed E-state index contributed by atoms with van der Waals surface area (Å²) >= 11 is 0. The average Bonchev–Trinajstić information content (AvgIpc) is 2.61. The normalized spacial score (nSPS) is 10.7. The van der Waals surface area contributed by atoms with Crippen molar-refractivity contribution in [2.75, 3.05) is 25.5 Å².